The summed E-state index contributed by atoms with van der Waals surface area (Å²) in [5.41, 5.74) is 1.79. The van der Waals surface area contributed by atoms with E-state index in [1.807, 2.05) is 43.5 Å². The van der Waals surface area contributed by atoms with Crippen molar-refractivity contribution < 1.29 is 9.53 Å². The molecular formula is C18H18N4O2S2. The molecule has 0 saturated heterocycles. The molecule has 0 saturated carbocycles. The summed E-state index contributed by atoms with van der Waals surface area (Å²) in [6.07, 6.45) is 4.00. The van der Waals surface area contributed by atoms with Crippen molar-refractivity contribution in [3.8, 4) is 5.75 Å². The first kappa shape index (κ1) is 18.2. The van der Waals surface area contributed by atoms with Crippen molar-refractivity contribution in [2.75, 3.05) is 5.32 Å². The van der Waals surface area contributed by atoms with Crippen LogP contribution >= 0.6 is 22.7 Å². The fourth-order valence-electron chi connectivity index (χ4n) is 2.11. The second-order valence-electron chi connectivity index (χ2n) is 5.40. The molecule has 1 amide bonds. The van der Waals surface area contributed by atoms with Crippen LogP contribution in [-0.4, -0.2) is 21.1 Å². The minimum Gasteiger partial charge on any atom is -0.487 e. The Labute approximate surface area is 159 Å². The minimum atomic E-state index is -0.243. The van der Waals surface area contributed by atoms with E-state index in [2.05, 4.69) is 20.5 Å². The Balaban J connectivity index is 1.56. The van der Waals surface area contributed by atoms with Gasteiger partial charge in [-0.25, -0.2) is 4.98 Å². The van der Waals surface area contributed by atoms with Crippen LogP contribution in [0.2, 0.25) is 0 Å². The third kappa shape index (κ3) is 5.21. The molecule has 0 aliphatic heterocycles. The molecular weight excluding hydrogens is 368 g/mol. The van der Waals surface area contributed by atoms with Crippen LogP contribution in [0.1, 0.15) is 28.2 Å². The molecule has 26 heavy (non-hydrogen) atoms. The van der Waals surface area contributed by atoms with Crippen LogP contribution in [0.15, 0.2) is 35.7 Å². The van der Waals surface area contributed by atoms with Gasteiger partial charge >= 0.3 is 0 Å². The largest absolute Gasteiger partial charge is 0.487 e. The first-order valence-corrected chi connectivity index (χ1v) is 9.77. The second-order valence-corrected chi connectivity index (χ2v) is 7.52. The molecule has 0 bridgehead atoms. The summed E-state index contributed by atoms with van der Waals surface area (Å²) >= 11 is 2.98. The SMILES string of the molecule is CCc1nnc(NC(=O)/C=C/c2cccc(OCc3csc(C)n3)c2)s1. The zero-order valence-corrected chi connectivity index (χ0v) is 16.1. The van der Waals surface area contributed by atoms with Gasteiger partial charge in [-0.05, 0) is 37.1 Å². The zero-order chi connectivity index (χ0) is 18.4. The number of thiazole rings is 1. The molecule has 3 rings (SSSR count). The molecule has 2 aromatic heterocycles. The fourth-order valence-corrected chi connectivity index (χ4v) is 3.39. The van der Waals surface area contributed by atoms with Gasteiger partial charge in [0.2, 0.25) is 11.0 Å². The number of hydrogen-bond acceptors (Lipinski definition) is 7. The molecule has 1 N–H and O–H groups in total. The van der Waals surface area contributed by atoms with Gasteiger partial charge in [0.05, 0.1) is 10.7 Å². The Morgan fingerprint density at radius 1 is 1.35 bits per heavy atom. The molecule has 0 fully saturated rings. The third-order valence-corrected chi connectivity index (χ3v) is 5.14. The topological polar surface area (TPSA) is 77.0 Å². The number of amides is 1. The molecule has 3 aromatic rings. The third-order valence-electron chi connectivity index (χ3n) is 3.34. The van der Waals surface area contributed by atoms with Crippen molar-refractivity contribution in [1.29, 1.82) is 0 Å². The minimum absolute atomic E-state index is 0.243. The number of carbonyl (C=O) groups excluding carboxylic acids is 1. The van der Waals surface area contributed by atoms with Crippen LogP contribution in [0.3, 0.4) is 0 Å². The number of ether oxygens (including phenoxy) is 1. The van der Waals surface area contributed by atoms with Gasteiger partial charge < -0.3 is 4.74 Å². The van der Waals surface area contributed by atoms with Crippen molar-refractivity contribution in [1.82, 2.24) is 15.2 Å². The van der Waals surface area contributed by atoms with Crippen molar-refractivity contribution in [2.24, 2.45) is 0 Å². The number of rotatable bonds is 7. The van der Waals surface area contributed by atoms with E-state index in [9.17, 15) is 4.79 Å². The summed E-state index contributed by atoms with van der Waals surface area (Å²) in [5.74, 6) is 0.489. The lowest BCUT2D eigenvalue weighted by Crippen LogP contribution is -2.07. The maximum Gasteiger partial charge on any atom is 0.250 e. The normalized spacial score (nSPS) is 11.0. The summed E-state index contributed by atoms with van der Waals surface area (Å²) in [6, 6.07) is 7.55. The van der Waals surface area contributed by atoms with Gasteiger partial charge in [-0.3, -0.25) is 10.1 Å². The molecule has 0 aliphatic rings. The van der Waals surface area contributed by atoms with E-state index in [4.69, 9.17) is 4.74 Å². The second kappa shape index (κ2) is 8.68. The molecule has 0 spiro atoms. The van der Waals surface area contributed by atoms with Crippen LogP contribution < -0.4 is 10.1 Å². The van der Waals surface area contributed by atoms with Crippen molar-refractivity contribution >= 4 is 39.8 Å². The van der Waals surface area contributed by atoms with E-state index in [1.54, 1.807) is 17.4 Å². The number of benzene rings is 1. The monoisotopic (exact) mass is 386 g/mol. The van der Waals surface area contributed by atoms with Crippen LogP contribution in [0.4, 0.5) is 5.13 Å². The molecule has 0 aliphatic carbocycles. The number of carbonyl (C=O) groups is 1. The lowest BCUT2D eigenvalue weighted by atomic mass is 10.2. The predicted molar refractivity (Wildman–Crippen MR) is 105 cm³/mol. The highest BCUT2D eigenvalue weighted by Gasteiger charge is 2.05. The van der Waals surface area contributed by atoms with Gasteiger partial charge in [0.25, 0.3) is 0 Å². The highest BCUT2D eigenvalue weighted by Crippen LogP contribution is 2.18. The summed E-state index contributed by atoms with van der Waals surface area (Å²) in [7, 11) is 0. The van der Waals surface area contributed by atoms with Gasteiger partial charge in [-0.2, -0.15) is 0 Å². The summed E-state index contributed by atoms with van der Waals surface area (Å²) in [4.78, 5) is 16.4. The number of nitrogens with zero attached hydrogens (tertiary/aromatic N) is 3. The summed E-state index contributed by atoms with van der Waals surface area (Å²) in [6.45, 7) is 4.39. The lowest BCUT2D eigenvalue weighted by Gasteiger charge is -2.05. The van der Waals surface area contributed by atoms with Gasteiger partial charge in [-0.15, -0.1) is 21.5 Å². The first-order chi connectivity index (χ1) is 12.6. The Bertz CT molecular complexity index is 917. The molecule has 2 heterocycles. The molecule has 0 atom stereocenters. The van der Waals surface area contributed by atoms with Gasteiger partial charge in [-0.1, -0.05) is 30.4 Å². The van der Waals surface area contributed by atoms with Gasteiger partial charge in [0.15, 0.2) is 0 Å². The quantitative estimate of drug-likeness (QED) is 0.619. The Kier molecular flexibility index (Phi) is 6.08. The van der Waals surface area contributed by atoms with Gasteiger partial charge in [0.1, 0.15) is 17.4 Å². The number of hydrogen-bond donors (Lipinski definition) is 1. The zero-order valence-electron chi connectivity index (χ0n) is 14.4. The van der Waals surface area contributed by atoms with E-state index in [-0.39, 0.29) is 5.91 Å². The predicted octanol–water partition coefficient (Wildman–Crippen LogP) is 4.10. The number of anilines is 1. The number of nitrogens with one attached hydrogen (secondary N) is 1. The number of aryl methyl sites for hydroxylation is 2. The fraction of sp³-hybridized carbons (Fsp3) is 0.222. The molecule has 0 unspecified atom stereocenters. The average Bonchev–Trinajstić information content (AvgIpc) is 3.27. The van der Waals surface area contributed by atoms with E-state index in [0.29, 0.717) is 11.7 Å². The van der Waals surface area contributed by atoms with Crippen molar-refractivity contribution in [2.45, 2.75) is 26.9 Å². The molecule has 1 aromatic carbocycles. The maximum atomic E-state index is 12.0. The Morgan fingerprint density at radius 2 is 2.23 bits per heavy atom. The summed E-state index contributed by atoms with van der Waals surface area (Å²) in [5, 5.41) is 15.0. The van der Waals surface area contributed by atoms with E-state index in [0.717, 1.165) is 33.4 Å². The first-order valence-electron chi connectivity index (χ1n) is 8.07. The number of aromatic nitrogens is 3. The van der Waals surface area contributed by atoms with E-state index >= 15 is 0 Å². The van der Waals surface area contributed by atoms with E-state index < -0.39 is 0 Å². The highest BCUT2D eigenvalue weighted by molar-refractivity contribution is 7.15. The molecule has 6 nitrogen and oxygen atoms in total. The van der Waals surface area contributed by atoms with Crippen LogP contribution in [-0.2, 0) is 17.8 Å². The van der Waals surface area contributed by atoms with Crippen LogP contribution in [0, 0.1) is 6.92 Å². The Hall–Kier alpha value is -2.58. The maximum absolute atomic E-state index is 12.0. The smallest absolute Gasteiger partial charge is 0.250 e. The molecule has 0 radical (unpaired) electrons. The standard InChI is InChI=1S/C18H18N4O2S2/c1-3-17-21-22-18(26-17)20-16(23)8-7-13-5-4-6-15(9-13)24-10-14-11-25-12(2)19-14/h4-9,11H,3,10H2,1-2H3,(H,20,22,23)/b8-7+. The van der Waals surface area contributed by atoms with E-state index in [1.165, 1.54) is 17.4 Å². The van der Waals surface area contributed by atoms with Crippen LogP contribution in [0.5, 0.6) is 5.75 Å². The lowest BCUT2D eigenvalue weighted by molar-refractivity contribution is -0.111. The van der Waals surface area contributed by atoms with Crippen molar-refractivity contribution in [3.63, 3.8) is 0 Å². The van der Waals surface area contributed by atoms with Crippen molar-refractivity contribution in [3.05, 3.63) is 57.0 Å². The highest BCUT2D eigenvalue weighted by atomic mass is 32.1. The van der Waals surface area contributed by atoms with Crippen LogP contribution in [0.25, 0.3) is 6.08 Å². The summed E-state index contributed by atoms with van der Waals surface area (Å²) < 4.78 is 5.76. The molecule has 134 valence electrons. The Morgan fingerprint density at radius 3 is 2.96 bits per heavy atom. The molecule has 8 heteroatoms. The average molecular weight is 387 g/mol. The van der Waals surface area contributed by atoms with Gasteiger partial charge in [0, 0.05) is 11.5 Å².